The summed E-state index contributed by atoms with van der Waals surface area (Å²) in [7, 11) is 2.06. The number of hydrogen-bond donors (Lipinski definition) is 1. The van der Waals surface area contributed by atoms with Crippen LogP contribution in [0.3, 0.4) is 0 Å². The summed E-state index contributed by atoms with van der Waals surface area (Å²) in [5.74, 6) is 0. The van der Waals surface area contributed by atoms with E-state index in [0.29, 0.717) is 0 Å². The number of nitrogens with one attached hydrogen (secondary N) is 1. The first-order valence-corrected chi connectivity index (χ1v) is 6.01. The van der Waals surface area contributed by atoms with E-state index >= 15 is 0 Å². The fourth-order valence-electron chi connectivity index (χ4n) is 2.08. The van der Waals surface area contributed by atoms with E-state index in [0.717, 1.165) is 11.4 Å². The Morgan fingerprint density at radius 2 is 1.94 bits per heavy atom. The van der Waals surface area contributed by atoms with E-state index < -0.39 is 0 Å². The summed E-state index contributed by atoms with van der Waals surface area (Å²) in [5.41, 5.74) is 1.30. The van der Waals surface area contributed by atoms with Crippen molar-refractivity contribution in [2.75, 3.05) is 7.05 Å². The summed E-state index contributed by atoms with van der Waals surface area (Å²) in [4.78, 5) is 3.16. The molecule has 0 saturated carbocycles. The van der Waals surface area contributed by atoms with Crippen molar-refractivity contribution >= 4 is 17.2 Å². The predicted octanol–water partition coefficient (Wildman–Crippen LogP) is 2.20. The maximum absolute atomic E-state index is 5.47. The summed E-state index contributed by atoms with van der Waals surface area (Å²) < 4.78 is 0. The van der Waals surface area contributed by atoms with Gasteiger partial charge in [-0.1, -0.05) is 42.5 Å². The fraction of sp³-hybridized carbons (Fsp3) is 0.462. The van der Waals surface area contributed by atoms with Crippen molar-refractivity contribution in [3.8, 4) is 0 Å². The van der Waals surface area contributed by atoms with Gasteiger partial charge in [0.05, 0.1) is 16.7 Å². The largest absolute Gasteiger partial charge is 0.350 e. The summed E-state index contributed by atoms with van der Waals surface area (Å²) in [6.07, 6.45) is 0.966. The van der Waals surface area contributed by atoms with E-state index in [1.165, 1.54) is 5.56 Å². The molecule has 0 bridgehead atoms. The molecule has 0 aliphatic carbocycles. The van der Waals surface area contributed by atoms with Crippen LogP contribution in [0.1, 0.15) is 19.4 Å². The van der Waals surface area contributed by atoms with Gasteiger partial charge in [-0.15, -0.1) is 0 Å². The van der Waals surface area contributed by atoms with Crippen molar-refractivity contribution < 1.29 is 0 Å². The van der Waals surface area contributed by atoms with Crippen molar-refractivity contribution in [2.45, 2.75) is 32.0 Å². The molecule has 1 fully saturated rings. The van der Waals surface area contributed by atoms with Crippen molar-refractivity contribution in [3.05, 3.63) is 35.9 Å². The number of rotatable bonds is 2. The van der Waals surface area contributed by atoms with Gasteiger partial charge in [0.2, 0.25) is 0 Å². The molecule has 0 unspecified atom stereocenters. The Labute approximate surface area is 103 Å². The summed E-state index contributed by atoms with van der Waals surface area (Å²) in [6, 6.07) is 10.8. The lowest BCUT2D eigenvalue weighted by Crippen LogP contribution is -2.45. The highest BCUT2D eigenvalue weighted by atomic mass is 32.1. The Morgan fingerprint density at radius 3 is 2.44 bits per heavy atom. The lowest BCUT2D eigenvalue weighted by molar-refractivity contribution is 0.242. The van der Waals surface area contributed by atoms with Crippen LogP contribution in [0, 0.1) is 0 Å². The second-order valence-corrected chi connectivity index (χ2v) is 5.26. The highest BCUT2D eigenvalue weighted by Gasteiger charge is 2.38. The SMILES string of the molecule is CN1C(=S)[C@H](Cc2ccccc2)NC1(C)C. The molecule has 1 heterocycles. The molecule has 1 aromatic rings. The van der Waals surface area contributed by atoms with Gasteiger partial charge in [0, 0.05) is 7.05 Å². The topological polar surface area (TPSA) is 15.3 Å². The number of benzene rings is 1. The Bertz CT molecular complexity index is 386. The molecule has 1 atom stereocenters. The molecule has 1 N–H and O–H groups in total. The molecule has 0 amide bonds. The lowest BCUT2D eigenvalue weighted by Gasteiger charge is -2.28. The zero-order chi connectivity index (χ0) is 11.8. The average Bonchev–Trinajstić information content (AvgIpc) is 2.44. The average molecular weight is 234 g/mol. The lowest BCUT2D eigenvalue weighted by atomic mass is 10.1. The molecular weight excluding hydrogens is 216 g/mol. The van der Waals surface area contributed by atoms with Crippen LogP contribution in [0.25, 0.3) is 0 Å². The molecule has 1 aliphatic heterocycles. The number of thiocarbonyl (C=S) groups is 1. The van der Waals surface area contributed by atoms with E-state index in [9.17, 15) is 0 Å². The van der Waals surface area contributed by atoms with Crippen LogP contribution in [-0.2, 0) is 6.42 Å². The van der Waals surface area contributed by atoms with E-state index in [4.69, 9.17) is 12.2 Å². The van der Waals surface area contributed by atoms with Crippen LogP contribution in [0.15, 0.2) is 30.3 Å². The maximum Gasteiger partial charge on any atom is 0.0967 e. The molecule has 86 valence electrons. The molecule has 2 nitrogen and oxygen atoms in total. The van der Waals surface area contributed by atoms with E-state index in [-0.39, 0.29) is 11.7 Å². The Morgan fingerprint density at radius 1 is 1.31 bits per heavy atom. The van der Waals surface area contributed by atoms with Gasteiger partial charge in [-0.3, -0.25) is 5.32 Å². The van der Waals surface area contributed by atoms with Crippen LogP contribution in [0.4, 0.5) is 0 Å². The number of hydrogen-bond acceptors (Lipinski definition) is 2. The van der Waals surface area contributed by atoms with Gasteiger partial charge >= 0.3 is 0 Å². The van der Waals surface area contributed by atoms with Crippen molar-refractivity contribution in [1.29, 1.82) is 0 Å². The summed E-state index contributed by atoms with van der Waals surface area (Å²) in [6.45, 7) is 4.31. The number of likely N-dealkylation sites (N-methyl/N-ethyl adjacent to an activating group) is 1. The minimum atomic E-state index is -0.0312. The van der Waals surface area contributed by atoms with Crippen LogP contribution >= 0.6 is 12.2 Å². The Kier molecular flexibility index (Phi) is 3.00. The van der Waals surface area contributed by atoms with Gasteiger partial charge in [-0.2, -0.15) is 0 Å². The van der Waals surface area contributed by atoms with Gasteiger partial charge in [-0.05, 0) is 25.8 Å². The highest BCUT2D eigenvalue weighted by molar-refractivity contribution is 7.80. The first kappa shape index (κ1) is 11.6. The number of nitrogens with zero attached hydrogens (tertiary/aromatic N) is 1. The minimum Gasteiger partial charge on any atom is -0.350 e. The van der Waals surface area contributed by atoms with Crippen LogP contribution < -0.4 is 5.32 Å². The van der Waals surface area contributed by atoms with Gasteiger partial charge in [0.1, 0.15) is 0 Å². The first-order chi connectivity index (χ1) is 7.50. The van der Waals surface area contributed by atoms with E-state index in [1.54, 1.807) is 0 Å². The second kappa shape index (κ2) is 4.15. The Hall–Kier alpha value is -0.930. The summed E-state index contributed by atoms with van der Waals surface area (Å²) in [5, 5.41) is 3.56. The normalized spacial score (nSPS) is 23.8. The molecule has 0 aromatic heterocycles. The van der Waals surface area contributed by atoms with Crippen molar-refractivity contribution in [2.24, 2.45) is 0 Å². The smallest absolute Gasteiger partial charge is 0.0967 e. The van der Waals surface area contributed by atoms with E-state index in [1.807, 2.05) is 6.07 Å². The predicted molar refractivity (Wildman–Crippen MR) is 71.5 cm³/mol. The third kappa shape index (κ3) is 2.11. The molecule has 1 aromatic carbocycles. The van der Waals surface area contributed by atoms with Gasteiger partial charge < -0.3 is 4.90 Å². The first-order valence-electron chi connectivity index (χ1n) is 5.60. The molecule has 1 aliphatic rings. The fourth-order valence-corrected chi connectivity index (χ4v) is 2.45. The molecule has 2 rings (SSSR count). The summed E-state index contributed by atoms with van der Waals surface area (Å²) >= 11 is 5.47. The van der Waals surface area contributed by atoms with Crippen LogP contribution in [-0.4, -0.2) is 28.6 Å². The molecule has 1 saturated heterocycles. The van der Waals surface area contributed by atoms with Crippen LogP contribution in [0.5, 0.6) is 0 Å². The van der Waals surface area contributed by atoms with Crippen molar-refractivity contribution in [3.63, 3.8) is 0 Å². The van der Waals surface area contributed by atoms with Crippen molar-refractivity contribution in [1.82, 2.24) is 10.2 Å². The molecule has 16 heavy (non-hydrogen) atoms. The molecular formula is C13H18N2S. The van der Waals surface area contributed by atoms with Gasteiger partial charge in [0.15, 0.2) is 0 Å². The third-order valence-electron chi connectivity index (χ3n) is 3.28. The second-order valence-electron chi connectivity index (χ2n) is 4.84. The third-order valence-corrected chi connectivity index (χ3v) is 3.84. The van der Waals surface area contributed by atoms with Gasteiger partial charge in [-0.25, -0.2) is 0 Å². The molecule has 0 spiro atoms. The zero-order valence-corrected chi connectivity index (χ0v) is 10.8. The maximum atomic E-state index is 5.47. The minimum absolute atomic E-state index is 0.0312. The quantitative estimate of drug-likeness (QED) is 0.790. The Balaban J connectivity index is 2.11. The zero-order valence-electron chi connectivity index (χ0n) is 10.0. The molecule has 3 heteroatoms. The standard InChI is InChI=1S/C13H18N2S/c1-13(2)14-11(12(16)15(13)3)9-10-7-5-4-6-8-10/h4-8,11,14H,9H2,1-3H3/t11-/m0/s1. The molecule has 0 radical (unpaired) electrons. The highest BCUT2D eigenvalue weighted by Crippen LogP contribution is 2.22. The van der Waals surface area contributed by atoms with Crippen LogP contribution in [0.2, 0.25) is 0 Å². The monoisotopic (exact) mass is 234 g/mol. The van der Waals surface area contributed by atoms with E-state index in [2.05, 4.69) is 55.4 Å². The van der Waals surface area contributed by atoms with Gasteiger partial charge in [0.25, 0.3) is 0 Å².